The fraction of sp³-hybridized carbons (Fsp3) is 0.0952. The number of sulfonamides is 1. The van der Waals surface area contributed by atoms with E-state index < -0.39 is 10.0 Å². The first-order valence-corrected chi connectivity index (χ1v) is 10.4. The van der Waals surface area contributed by atoms with Crippen LogP contribution in [0.1, 0.15) is 21.5 Å². The second-order valence-corrected chi connectivity index (χ2v) is 8.34. The average Bonchev–Trinajstić information content (AvgIpc) is 2.69. The highest BCUT2D eigenvalue weighted by molar-refractivity contribution is 7.92. The molecule has 3 rings (SSSR count). The summed E-state index contributed by atoms with van der Waals surface area (Å²) in [5, 5.41) is 2.81. The lowest BCUT2D eigenvalue weighted by atomic mass is 10.2. The Morgan fingerprint density at radius 3 is 2.32 bits per heavy atom. The zero-order chi connectivity index (χ0) is 20.1. The third-order valence-corrected chi connectivity index (χ3v) is 5.95. The minimum atomic E-state index is -3.94. The molecule has 3 aromatic rings. The van der Waals surface area contributed by atoms with Gasteiger partial charge in [0.2, 0.25) is 0 Å². The standard InChI is InChI=1S/C21H19ClN2O3S/c1-15-7-10-18(11-8-15)24-28(26,27)20-13-17(9-12-19(20)22)21(25)23-14-16-5-3-2-4-6-16/h2-13,24H,14H2,1H3,(H,23,25). The first-order chi connectivity index (χ1) is 13.3. The molecule has 5 nitrogen and oxygen atoms in total. The van der Waals surface area contributed by atoms with Crippen molar-refractivity contribution in [3.05, 3.63) is 94.5 Å². The summed E-state index contributed by atoms with van der Waals surface area (Å²) >= 11 is 6.10. The van der Waals surface area contributed by atoms with Gasteiger partial charge in [-0.3, -0.25) is 9.52 Å². The average molecular weight is 415 g/mol. The summed E-state index contributed by atoms with van der Waals surface area (Å²) in [6, 6.07) is 20.5. The molecule has 0 aliphatic heterocycles. The van der Waals surface area contributed by atoms with Gasteiger partial charge < -0.3 is 5.32 Å². The van der Waals surface area contributed by atoms with Crippen LogP contribution >= 0.6 is 11.6 Å². The Bertz CT molecular complexity index is 1080. The maximum Gasteiger partial charge on any atom is 0.263 e. The van der Waals surface area contributed by atoms with E-state index in [4.69, 9.17) is 11.6 Å². The number of anilines is 1. The second kappa shape index (κ2) is 8.46. The van der Waals surface area contributed by atoms with Crippen LogP contribution in [-0.4, -0.2) is 14.3 Å². The maximum absolute atomic E-state index is 12.7. The molecule has 0 aliphatic rings. The van der Waals surface area contributed by atoms with E-state index >= 15 is 0 Å². The number of rotatable bonds is 6. The van der Waals surface area contributed by atoms with E-state index in [9.17, 15) is 13.2 Å². The van der Waals surface area contributed by atoms with Crippen LogP contribution < -0.4 is 10.0 Å². The van der Waals surface area contributed by atoms with Gasteiger partial charge in [0.1, 0.15) is 4.90 Å². The summed E-state index contributed by atoms with van der Waals surface area (Å²) in [4.78, 5) is 12.3. The van der Waals surface area contributed by atoms with Crippen molar-refractivity contribution in [1.29, 1.82) is 0 Å². The maximum atomic E-state index is 12.7. The molecule has 0 aliphatic carbocycles. The number of hydrogen-bond donors (Lipinski definition) is 2. The number of carbonyl (C=O) groups excluding carboxylic acids is 1. The quantitative estimate of drug-likeness (QED) is 0.628. The molecule has 144 valence electrons. The van der Waals surface area contributed by atoms with Crippen molar-refractivity contribution in [3.63, 3.8) is 0 Å². The molecule has 0 heterocycles. The largest absolute Gasteiger partial charge is 0.348 e. The van der Waals surface area contributed by atoms with Gasteiger partial charge in [-0.05, 0) is 42.8 Å². The number of carbonyl (C=O) groups is 1. The zero-order valence-electron chi connectivity index (χ0n) is 15.1. The van der Waals surface area contributed by atoms with Crippen LogP contribution in [0.2, 0.25) is 5.02 Å². The Hall–Kier alpha value is -2.83. The minimum Gasteiger partial charge on any atom is -0.348 e. The van der Waals surface area contributed by atoms with E-state index in [2.05, 4.69) is 10.0 Å². The molecule has 0 bridgehead atoms. The Labute approximate surface area is 169 Å². The smallest absolute Gasteiger partial charge is 0.263 e. The minimum absolute atomic E-state index is 0.0409. The summed E-state index contributed by atoms with van der Waals surface area (Å²) < 4.78 is 28.0. The van der Waals surface area contributed by atoms with E-state index in [-0.39, 0.29) is 21.4 Å². The number of nitrogens with one attached hydrogen (secondary N) is 2. The molecule has 28 heavy (non-hydrogen) atoms. The summed E-state index contributed by atoms with van der Waals surface area (Å²) in [5.41, 5.74) is 2.59. The molecule has 1 amide bonds. The molecule has 0 aromatic heterocycles. The van der Waals surface area contributed by atoms with E-state index in [0.29, 0.717) is 12.2 Å². The normalized spacial score (nSPS) is 11.1. The fourth-order valence-corrected chi connectivity index (χ4v) is 4.15. The zero-order valence-corrected chi connectivity index (χ0v) is 16.7. The van der Waals surface area contributed by atoms with Crippen LogP contribution in [0.5, 0.6) is 0 Å². The van der Waals surface area contributed by atoms with Crippen LogP contribution in [0.3, 0.4) is 0 Å². The van der Waals surface area contributed by atoms with Crippen molar-refractivity contribution in [3.8, 4) is 0 Å². The van der Waals surface area contributed by atoms with Gasteiger partial charge in [0, 0.05) is 17.8 Å². The SMILES string of the molecule is Cc1ccc(NS(=O)(=O)c2cc(C(=O)NCc3ccccc3)ccc2Cl)cc1. The first kappa shape index (κ1) is 19.9. The van der Waals surface area contributed by atoms with Gasteiger partial charge >= 0.3 is 0 Å². The van der Waals surface area contributed by atoms with E-state index in [1.54, 1.807) is 24.3 Å². The lowest BCUT2D eigenvalue weighted by Crippen LogP contribution is -2.23. The fourth-order valence-electron chi connectivity index (χ4n) is 2.56. The summed E-state index contributed by atoms with van der Waals surface area (Å²) in [6.07, 6.45) is 0. The van der Waals surface area contributed by atoms with E-state index in [0.717, 1.165) is 11.1 Å². The predicted octanol–water partition coefficient (Wildman–Crippen LogP) is 4.38. The lowest BCUT2D eigenvalue weighted by Gasteiger charge is -2.12. The van der Waals surface area contributed by atoms with Crippen LogP contribution in [0.4, 0.5) is 5.69 Å². The summed E-state index contributed by atoms with van der Waals surface area (Å²) in [6.45, 7) is 2.25. The van der Waals surface area contributed by atoms with Crippen LogP contribution in [-0.2, 0) is 16.6 Å². The lowest BCUT2D eigenvalue weighted by molar-refractivity contribution is 0.0950. The van der Waals surface area contributed by atoms with Crippen molar-refractivity contribution in [2.75, 3.05) is 4.72 Å². The van der Waals surface area contributed by atoms with Gasteiger partial charge in [-0.2, -0.15) is 0 Å². The molecular weight excluding hydrogens is 396 g/mol. The molecule has 0 unspecified atom stereocenters. The third kappa shape index (κ3) is 4.91. The Kier molecular flexibility index (Phi) is 6.02. The molecule has 3 aromatic carbocycles. The molecule has 2 N–H and O–H groups in total. The van der Waals surface area contributed by atoms with Gasteiger partial charge in [0.05, 0.1) is 5.02 Å². The van der Waals surface area contributed by atoms with E-state index in [1.807, 2.05) is 37.3 Å². The number of benzene rings is 3. The Morgan fingerprint density at radius 1 is 0.964 bits per heavy atom. The van der Waals surface area contributed by atoms with Crippen LogP contribution in [0, 0.1) is 6.92 Å². The van der Waals surface area contributed by atoms with Gasteiger partial charge in [-0.1, -0.05) is 59.6 Å². The number of aryl methyl sites for hydroxylation is 1. The highest BCUT2D eigenvalue weighted by atomic mass is 35.5. The monoisotopic (exact) mass is 414 g/mol. The second-order valence-electron chi connectivity index (χ2n) is 6.29. The van der Waals surface area contributed by atoms with Gasteiger partial charge in [-0.15, -0.1) is 0 Å². The summed E-state index contributed by atoms with van der Waals surface area (Å²) in [5.74, 6) is -0.382. The number of hydrogen-bond acceptors (Lipinski definition) is 3. The van der Waals surface area contributed by atoms with Crippen LogP contribution in [0.25, 0.3) is 0 Å². The van der Waals surface area contributed by atoms with Gasteiger partial charge in [0.15, 0.2) is 0 Å². The first-order valence-electron chi connectivity index (χ1n) is 8.56. The van der Waals surface area contributed by atoms with Crippen molar-refractivity contribution in [1.82, 2.24) is 5.32 Å². The number of amides is 1. The molecule has 0 saturated heterocycles. The molecule has 7 heteroatoms. The highest BCUT2D eigenvalue weighted by Gasteiger charge is 2.20. The van der Waals surface area contributed by atoms with Gasteiger partial charge in [0.25, 0.3) is 15.9 Å². The summed E-state index contributed by atoms with van der Waals surface area (Å²) in [7, 11) is -3.94. The van der Waals surface area contributed by atoms with Crippen molar-refractivity contribution < 1.29 is 13.2 Å². The Morgan fingerprint density at radius 2 is 1.64 bits per heavy atom. The molecule has 0 saturated carbocycles. The Balaban J connectivity index is 1.80. The predicted molar refractivity (Wildman–Crippen MR) is 111 cm³/mol. The van der Waals surface area contributed by atoms with Crippen molar-refractivity contribution in [2.45, 2.75) is 18.4 Å². The molecular formula is C21H19ClN2O3S. The number of halogens is 1. The third-order valence-electron chi connectivity index (χ3n) is 4.08. The highest BCUT2D eigenvalue weighted by Crippen LogP contribution is 2.25. The molecule has 0 spiro atoms. The molecule has 0 radical (unpaired) electrons. The molecule has 0 atom stereocenters. The molecule has 0 fully saturated rings. The topological polar surface area (TPSA) is 75.3 Å². The van der Waals surface area contributed by atoms with Crippen molar-refractivity contribution >= 4 is 33.2 Å². The van der Waals surface area contributed by atoms with E-state index in [1.165, 1.54) is 18.2 Å². The van der Waals surface area contributed by atoms with Crippen LogP contribution in [0.15, 0.2) is 77.7 Å². The van der Waals surface area contributed by atoms with Crippen molar-refractivity contribution in [2.24, 2.45) is 0 Å². The van der Waals surface area contributed by atoms with Gasteiger partial charge in [-0.25, -0.2) is 8.42 Å².